The van der Waals surface area contributed by atoms with Crippen molar-refractivity contribution < 1.29 is 9.13 Å². The summed E-state index contributed by atoms with van der Waals surface area (Å²) in [5, 5.41) is 3.14. The fourth-order valence-electron chi connectivity index (χ4n) is 3.21. The lowest BCUT2D eigenvalue weighted by atomic mass is 9.91. The van der Waals surface area contributed by atoms with Gasteiger partial charge < -0.3 is 10.1 Å². The molecule has 0 heterocycles. The predicted molar refractivity (Wildman–Crippen MR) is 110 cm³/mol. The molecule has 0 aliphatic heterocycles. The van der Waals surface area contributed by atoms with Crippen molar-refractivity contribution in [2.75, 3.05) is 19.0 Å². The van der Waals surface area contributed by atoms with E-state index in [1.54, 1.807) is 13.2 Å². The van der Waals surface area contributed by atoms with E-state index in [-0.39, 0.29) is 5.82 Å². The standard InChI is InChI=1S/C23H32FNO/c1-4-6-11-18-12-9-7-8-10-13-22(26-3)23(18)19-14-15-21(20(24)17-19)25-16-5-2/h10,12-15,17,25H,4-9,11,16H2,1-3H3/b13-10+,18-12-,23-22-. The van der Waals surface area contributed by atoms with E-state index in [0.29, 0.717) is 5.69 Å². The molecule has 0 bridgehead atoms. The Morgan fingerprint density at radius 2 is 2.00 bits per heavy atom. The molecule has 1 aliphatic rings. The summed E-state index contributed by atoms with van der Waals surface area (Å²) in [7, 11) is 1.70. The number of hydrogen-bond acceptors (Lipinski definition) is 2. The van der Waals surface area contributed by atoms with Crippen LogP contribution >= 0.6 is 0 Å². The Bertz CT molecular complexity index is 673. The van der Waals surface area contributed by atoms with Crippen LogP contribution in [0.2, 0.25) is 0 Å². The van der Waals surface area contributed by atoms with Crippen molar-refractivity contribution >= 4 is 11.3 Å². The fraction of sp³-hybridized carbons (Fsp3) is 0.478. The van der Waals surface area contributed by atoms with Gasteiger partial charge in [0.25, 0.3) is 0 Å². The molecule has 142 valence electrons. The summed E-state index contributed by atoms with van der Waals surface area (Å²) >= 11 is 0. The maximum absolute atomic E-state index is 14.6. The number of rotatable bonds is 8. The van der Waals surface area contributed by atoms with Gasteiger partial charge in [0, 0.05) is 12.1 Å². The lowest BCUT2D eigenvalue weighted by molar-refractivity contribution is 0.308. The van der Waals surface area contributed by atoms with Crippen LogP contribution in [0.5, 0.6) is 0 Å². The monoisotopic (exact) mass is 357 g/mol. The number of benzene rings is 1. The third-order valence-electron chi connectivity index (χ3n) is 4.65. The molecule has 1 aromatic carbocycles. The number of ether oxygens (including phenoxy) is 1. The second-order valence-electron chi connectivity index (χ2n) is 6.73. The van der Waals surface area contributed by atoms with E-state index in [2.05, 4.69) is 31.3 Å². The van der Waals surface area contributed by atoms with E-state index in [1.165, 1.54) is 5.57 Å². The summed E-state index contributed by atoms with van der Waals surface area (Å²) in [4.78, 5) is 0. The van der Waals surface area contributed by atoms with Crippen molar-refractivity contribution in [1.29, 1.82) is 0 Å². The third-order valence-corrected chi connectivity index (χ3v) is 4.65. The van der Waals surface area contributed by atoms with Gasteiger partial charge in [0.2, 0.25) is 0 Å². The van der Waals surface area contributed by atoms with Crippen molar-refractivity contribution in [3.63, 3.8) is 0 Å². The Morgan fingerprint density at radius 1 is 1.15 bits per heavy atom. The third kappa shape index (κ3) is 5.48. The molecule has 1 aliphatic carbocycles. The Morgan fingerprint density at radius 3 is 2.69 bits per heavy atom. The first-order valence-electron chi connectivity index (χ1n) is 9.89. The average Bonchev–Trinajstić information content (AvgIpc) is 2.75. The summed E-state index contributed by atoms with van der Waals surface area (Å²) in [6.45, 7) is 5.04. The highest BCUT2D eigenvalue weighted by Gasteiger charge is 2.16. The van der Waals surface area contributed by atoms with Crippen LogP contribution < -0.4 is 5.32 Å². The molecule has 1 aromatic rings. The normalized spacial score (nSPS) is 21.2. The van der Waals surface area contributed by atoms with Gasteiger partial charge in [-0.05, 0) is 67.9 Å². The topological polar surface area (TPSA) is 21.3 Å². The fourth-order valence-corrected chi connectivity index (χ4v) is 3.21. The van der Waals surface area contributed by atoms with Crippen molar-refractivity contribution in [3.05, 3.63) is 59.1 Å². The van der Waals surface area contributed by atoms with E-state index < -0.39 is 0 Å². The molecule has 1 N–H and O–H groups in total. The molecule has 0 saturated carbocycles. The Hall–Kier alpha value is -2.03. The molecule has 0 spiro atoms. The van der Waals surface area contributed by atoms with Gasteiger partial charge in [0.1, 0.15) is 11.6 Å². The SMILES string of the molecule is CCCCC1=C/CCC/C=C/C(OC)=C\1c1ccc(NCCC)c(F)c1. The number of nitrogens with one attached hydrogen (secondary N) is 1. The van der Waals surface area contributed by atoms with Gasteiger partial charge in [-0.25, -0.2) is 4.39 Å². The summed E-state index contributed by atoms with van der Waals surface area (Å²) < 4.78 is 20.3. The maximum Gasteiger partial charge on any atom is 0.146 e. The molecule has 0 unspecified atom stereocenters. The van der Waals surface area contributed by atoms with Crippen LogP contribution in [0.15, 0.2) is 47.8 Å². The molecule has 0 aromatic heterocycles. The minimum Gasteiger partial charge on any atom is -0.496 e. The second-order valence-corrected chi connectivity index (χ2v) is 6.73. The number of halogens is 1. The molecule has 2 nitrogen and oxygen atoms in total. The lowest BCUT2D eigenvalue weighted by Crippen LogP contribution is -2.03. The van der Waals surface area contributed by atoms with Crippen molar-refractivity contribution in [2.45, 2.75) is 58.8 Å². The molecule has 3 heteroatoms. The summed E-state index contributed by atoms with van der Waals surface area (Å²) in [6, 6.07) is 5.48. The molecular formula is C23H32FNO. The van der Waals surface area contributed by atoms with Crippen LogP contribution in [-0.2, 0) is 4.74 Å². The number of anilines is 1. The van der Waals surface area contributed by atoms with Crippen LogP contribution in [-0.4, -0.2) is 13.7 Å². The molecule has 2 rings (SSSR count). The number of allylic oxidation sites excluding steroid dienone is 5. The van der Waals surface area contributed by atoms with E-state index >= 15 is 0 Å². The van der Waals surface area contributed by atoms with Gasteiger partial charge in [0.15, 0.2) is 0 Å². The van der Waals surface area contributed by atoms with Gasteiger partial charge in [-0.3, -0.25) is 0 Å². The summed E-state index contributed by atoms with van der Waals surface area (Å²) in [6.07, 6.45) is 13.9. The molecule has 26 heavy (non-hydrogen) atoms. The quantitative estimate of drug-likeness (QED) is 0.548. The smallest absolute Gasteiger partial charge is 0.146 e. The van der Waals surface area contributed by atoms with Crippen LogP contribution in [0.4, 0.5) is 10.1 Å². The molecule has 0 amide bonds. The maximum atomic E-state index is 14.6. The van der Waals surface area contributed by atoms with Gasteiger partial charge in [-0.1, -0.05) is 38.5 Å². The first kappa shape index (κ1) is 20.3. The van der Waals surface area contributed by atoms with Crippen molar-refractivity contribution in [2.24, 2.45) is 0 Å². The number of hydrogen-bond donors (Lipinski definition) is 1. The first-order chi connectivity index (χ1) is 12.7. The highest BCUT2D eigenvalue weighted by atomic mass is 19.1. The van der Waals surface area contributed by atoms with Crippen LogP contribution in [0, 0.1) is 5.82 Å². The van der Waals surface area contributed by atoms with Crippen molar-refractivity contribution in [3.8, 4) is 0 Å². The zero-order valence-electron chi connectivity index (χ0n) is 16.4. The Labute approximate surface area is 157 Å². The average molecular weight is 358 g/mol. The largest absolute Gasteiger partial charge is 0.496 e. The van der Waals surface area contributed by atoms with Crippen LogP contribution in [0.1, 0.15) is 64.4 Å². The zero-order valence-corrected chi connectivity index (χ0v) is 16.4. The van der Waals surface area contributed by atoms with E-state index in [9.17, 15) is 4.39 Å². The summed E-state index contributed by atoms with van der Waals surface area (Å²) in [5.41, 5.74) is 3.74. The first-order valence-corrected chi connectivity index (χ1v) is 9.89. The molecule has 0 saturated heterocycles. The lowest BCUT2D eigenvalue weighted by Gasteiger charge is -2.17. The predicted octanol–water partition coefficient (Wildman–Crippen LogP) is 6.86. The molecule has 0 radical (unpaired) electrons. The summed E-state index contributed by atoms with van der Waals surface area (Å²) in [5.74, 6) is 0.612. The highest BCUT2D eigenvalue weighted by Crippen LogP contribution is 2.34. The Kier molecular flexibility index (Phi) is 8.46. The molecule has 0 fully saturated rings. The van der Waals surface area contributed by atoms with Gasteiger partial charge in [-0.15, -0.1) is 0 Å². The van der Waals surface area contributed by atoms with E-state index in [0.717, 1.165) is 68.4 Å². The number of unbranched alkanes of at least 4 members (excludes halogenated alkanes) is 1. The van der Waals surface area contributed by atoms with Gasteiger partial charge in [-0.2, -0.15) is 0 Å². The van der Waals surface area contributed by atoms with Crippen LogP contribution in [0.25, 0.3) is 5.57 Å². The van der Waals surface area contributed by atoms with E-state index in [1.807, 2.05) is 18.2 Å². The van der Waals surface area contributed by atoms with E-state index in [4.69, 9.17) is 4.74 Å². The van der Waals surface area contributed by atoms with Gasteiger partial charge in [0.05, 0.1) is 12.8 Å². The second kappa shape index (κ2) is 10.8. The van der Waals surface area contributed by atoms with Crippen LogP contribution in [0.3, 0.4) is 0 Å². The minimum atomic E-state index is -0.211. The Balaban J connectivity index is 2.49. The molecule has 0 atom stereocenters. The number of methoxy groups -OCH3 is 1. The van der Waals surface area contributed by atoms with Crippen molar-refractivity contribution in [1.82, 2.24) is 0 Å². The highest BCUT2D eigenvalue weighted by molar-refractivity contribution is 5.82. The molecular weight excluding hydrogens is 325 g/mol. The minimum absolute atomic E-state index is 0.211. The van der Waals surface area contributed by atoms with Gasteiger partial charge >= 0.3 is 0 Å². The zero-order chi connectivity index (χ0) is 18.8.